The number of esters is 1. The van der Waals surface area contributed by atoms with E-state index in [0.29, 0.717) is 12.3 Å². The van der Waals surface area contributed by atoms with Gasteiger partial charge in [0.25, 0.3) is 0 Å². The van der Waals surface area contributed by atoms with Crippen LogP contribution in [0.15, 0.2) is 18.3 Å². The molecule has 1 heterocycles. The molecule has 88 valence electrons. The fourth-order valence-corrected chi connectivity index (χ4v) is 1.49. The van der Waals surface area contributed by atoms with Crippen LogP contribution in [0.4, 0.5) is 5.69 Å². The predicted octanol–water partition coefficient (Wildman–Crippen LogP) is 0.659. The van der Waals surface area contributed by atoms with Crippen molar-refractivity contribution in [1.82, 2.24) is 4.98 Å². The zero-order chi connectivity index (χ0) is 12.0. The summed E-state index contributed by atoms with van der Waals surface area (Å²) in [7, 11) is 0.485. The minimum Gasteiger partial charge on any atom is -0.464 e. The number of nitrogens with one attached hydrogen (secondary N) is 1. The van der Waals surface area contributed by atoms with Crippen molar-refractivity contribution in [3.05, 3.63) is 24.0 Å². The van der Waals surface area contributed by atoms with Crippen LogP contribution < -0.4 is 5.32 Å². The summed E-state index contributed by atoms with van der Waals surface area (Å²) in [6, 6.07) is 3.34. The Labute approximate surface area is 96.7 Å². The maximum atomic E-state index is 11.2. The molecule has 1 rings (SSSR count). The molecule has 0 saturated carbocycles. The highest BCUT2D eigenvalue weighted by molar-refractivity contribution is 7.84. The van der Waals surface area contributed by atoms with Crippen molar-refractivity contribution in [3.63, 3.8) is 0 Å². The summed E-state index contributed by atoms with van der Waals surface area (Å²) < 4.78 is 15.4. The molecule has 1 unspecified atom stereocenters. The Morgan fingerprint density at radius 2 is 2.38 bits per heavy atom. The van der Waals surface area contributed by atoms with Gasteiger partial charge >= 0.3 is 5.97 Å². The van der Waals surface area contributed by atoms with E-state index in [1.807, 2.05) is 0 Å². The second kappa shape index (κ2) is 6.22. The molecule has 0 bridgehead atoms. The average molecular weight is 242 g/mol. The number of nitrogens with zero attached hydrogens (tertiary/aromatic N) is 1. The second-order valence-corrected chi connectivity index (χ2v) is 4.68. The Morgan fingerprint density at radius 1 is 1.62 bits per heavy atom. The number of pyridine rings is 1. The van der Waals surface area contributed by atoms with Crippen LogP contribution in [0.2, 0.25) is 0 Å². The van der Waals surface area contributed by atoms with E-state index in [2.05, 4.69) is 15.0 Å². The third-order valence-electron chi connectivity index (χ3n) is 1.87. The molecule has 0 fully saturated rings. The molecule has 1 atom stereocenters. The molecule has 0 aromatic carbocycles. The molecule has 16 heavy (non-hydrogen) atoms. The van der Waals surface area contributed by atoms with Gasteiger partial charge in [-0.05, 0) is 12.1 Å². The zero-order valence-corrected chi connectivity index (χ0v) is 10.0. The van der Waals surface area contributed by atoms with Gasteiger partial charge in [0.15, 0.2) is 0 Å². The lowest BCUT2D eigenvalue weighted by atomic mass is 10.3. The summed E-state index contributed by atoms with van der Waals surface area (Å²) in [5, 5.41) is 3.05. The van der Waals surface area contributed by atoms with Crippen molar-refractivity contribution in [2.45, 2.75) is 0 Å². The van der Waals surface area contributed by atoms with Crippen molar-refractivity contribution in [2.75, 3.05) is 31.0 Å². The lowest BCUT2D eigenvalue weighted by molar-refractivity contribution is 0.0594. The topological polar surface area (TPSA) is 68.3 Å². The molecular formula is C10H14N2O3S. The molecular weight excluding hydrogens is 228 g/mol. The highest BCUT2D eigenvalue weighted by Gasteiger charge is 2.06. The summed E-state index contributed by atoms with van der Waals surface area (Å²) in [6.45, 7) is 0.591. The molecule has 0 aliphatic heterocycles. The van der Waals surface area contributed by atoms with E-state index in [-0.39, 0.29) is 5.69 Å². The summed E-state index contributed by atoms with van der Waals surface area (Å²) in [4.78, 5) is 15.1. The van der Waals surface area contributed by atoms with Gasteiger partial charge in [0.05, 0.1) is 7.11 Å². The lowest BCUT2D eigenvalue weighted by Crippen LogP contribution is -2.11. The van der Waals surface area contributed by atoms with E-state index in [1.165, 1.54) is 13.3 Å². The Kier molecular flexibility index (Phi) is 4.91. The molecule has 0 radical (unpaired) electrons. The Hall–Kier alpha value is -1.43. The van der Waals surface area contributed by atoms with E-state index in [9.17, 15) is 9.00 Å². The monoisotopic (exact) mass is 242 g/mol. The largest absolute Gasteiger partial charge is 0.464 e. The molecule has 1 aromatic heterocycles. The van der Waals surface area contributed by atoms with Crippen molar-refractivity contribution >= 4 is 22.5 Å². The van der Waals surface area contributed by atoms with Crippen molar-refractivity contribution in [2.24, 2.45) is 0 Å². The fourth-order valence-electron chi connectivity index (χ4n) is 1.10. The van der Waals surface area contributed by atoms with E-state index in [4.69, 9.17) is 0 Å². The van der Waals surface area contributed by atoms with Gasteiger partial charge in [-0.1, -0.05) is 0 Å². The number of ether oxygens (including phenoxy) is 1. The number of carbonyl (C=O) groups is 1. The SMILES string of the molecule is COC(=O)c1cc(NCCS(C)=O)ccn1. The van der Waals surface area contributed by atoms with Crippen LogP contribution in [-0.2, 0) is 15.5 Å². The van der Waals surface area contributed by atoms with Crippen LogP contribution in [0.5, 0.6) is 0 Å². The number of hydrogen-bond donors (Lipinski definition) is 1. The highest BCUT2D eigenvalue weighted by atomic mass is 32.2. The minimum atomic E-state index is -0.825. The smallest absolute Gasteiger partial charge is 0.356 e. The highest BCUT2D eigenvalue weighted by Crippen LogP contribution is 2.08. The molecule has 0 aliphatic carbocycles. The van der Waals surface area contributed by atoms with Crippen molar-refractivity contribution in [3.8, 4) is 0 Å². The molecule has 1 aromatic rings. The van der Waals surface area contributed by atoms with Gasteiger partial charge < -0.3 is 10.1 Å². The first-order valence-corrected chi connectivity index (χ1v) is 6.44. The molecule has 0 spiro atoms. The van der Waals surface area contributed by atoms with Crippen molar-refractivity contribution < 1.29 is 13.7 Å². The zero-order valence-electron chi connectivity index (χ0n) is 9.23. The van der Waals surface area contributed by atoms with Gasteiger partial charge in [-0.25, -0.2) is 9.78 Å². The number of anilines is 1. The van der Waals surface area contributed by atoms with E-state index >= 15 is 0 Å². The maximum Gasteiger partial charge on any atom is 0.356 e. The number of methoxy groups -OCH3 is 1. The number of rotatable bonds is 5. The van der Waals surface area contributed by atoms with Crippen molar-refractivity contribution in [1.29, 1.82) is 0 Å². The third kappa shape index (κ3) is 3.98. The standard InChI is InChI=1S/C10H14N2O3S/c1-15-10(13)9-7-8(3-4-12-9)11-5-6-16(2)14/h3-4,7H,5-6H2,1-2H3,(H,11,12). The van der Waals surface area contributed by atoms with Crippen LogP contribution in [0.25, 0.3) is 0 Å². The molecule has 5 nitrogen and oxygen atoms in total. The van der Waals surface area contributed by atoms with E-state index in [1.54, 1.807) is 18.4 Å². The van der Waals surface area contributed by atoms with Gasteiger partial charge in [0.2, 0.25) is 0 Å². The molecule has 6 heteroatoms. The fraction of sp³-hybridized carbons (Fsp3) is 0.400. The summed E-state index contributed by atoms with van der Waals surface area (Å²) >= 11 is 0. The third-order valence-corrected chi connectivity index (χ3v) is 2.65. The number of carbonyl (C=O) groups excluding carboxylic acids is 1. The molecule has 1 N–H and O–H groups in total. The first kappa shape index (κ1) is 12.6. The van der Waals surface area contributed by atoms with E-state index < -0.39 is 16.8 Å². The van der Waals surface area contributed by atoms with Gasteiger partial charge in [-0.2, -0.15) is 0 Å². The Morgan fingerprint density at radius 3 is 3.00 bits per heavy atom. The second-order valence-electron chi connectivity index (χ2n) is 3.13. The van der Waals surface area contributed by atoms with Gasteiger partial charge in [0, 0.05) is 41.2 Å². The number of hydrogen-bond acceptors (Lipinski definition) is 5. The summed E-state index contributed by atoms with van der Waals surface area (Å²) in [6.07, 6.45) is 3.17. The lowest BCUT2D eigenvalue weighted by Gasteiger charge is -2.05. The summed E-state index contributed by atoms with van der Waals surface area (Å²) in [5.41, 5.74) is 1.02. The van der Waals surface area contributed by atoms with Gasteiger partial charge in [-0.3, -0.25) is 4.21 Å². The first-order valence-electron chi connectivity index (χ1n) is 4.71. The predicted molar refractivity (Wildman–Crippen MR) is 63.0 cm³/mol. The maximum absolute atomic E-state index is 11.2. The number of aromatic nitrogens is 1. The Balaban J connectivity index is 2.60. The van der Waals surface area contributed by atoms with Gasteiger partial charge in [0.1, 0.15) is 5.69 Å². The minimum absolute atomic E-state index is 0.255. The average Bonchev–Trinajstić information content (AvgIpc) is 2.28. The molecule has 0 amide bonds. The van der Waals surface area contributed by atoms with Gasteiger partial charge in [-0.15, -0.1) is 0 Å². The quantitative estimate of drug-likeness (QED) is 0.768. The van der Waals surface area contributed by atoms with Crippen LogP contribution in [0.1, 0.15) is 10.5 Å². The van der Waals surface area contributed by atoms with Crippen LogP contribution in [-0.4, -0.2) is 40.8 Å². The van der Waals surface area contributed by atoms with Crippen LogP contribution >= 0.6 is 0 Å². The van der Waals surface area contributed by atoms with E-state index in [0.717, 1.165) is 5.69 Å². The van der Waals surface area contributed by atoms with Crippen LogP contribution in [0, 0.1) is 0 Å². The molecule has 0 aliphatic rings. The first-order chi connectivity index (χ1) is 7.63. The van der Waals surface area contributed by atoms with Crippen LogP contribution in [0.3, 0.4) is 0 Å². The normalized spacial score (nSPS) is 11.9. The Bertz CT molecular complexity index is 395. The summed E-state index contributed by atoms with van der Waals surface area (Å²) in [5.74, 6) is 0.0957. The molecule has 0 saturated heterocycles.